The number of rotatable bonds is 1. The van der Waals surface area contributed by atoms with Crippen molar-refractivity contribution >= 4 is 16.8 Å². The molecular formula is C16H18N2O. The molecule has 1 aromatic heterocycles. The first kappa shape index (κ1) is 11.1. The first-order valence-corrected chi connectivity index (χ1v) is 7.26. The van der Waals surface area contributed by atoms with E-state index in [-0.39, 0.29) is 5.91 Å². The topological polar surface area (TPSA) is 36.1 Å². The Kier molecular flexibility index (Phi) is 2.40. The number of aromatic nitrogens is 1. The Balaban J connectivity index is 1.79. The molecule has 1 fully saturated rings. The van der Waals surface area contributed by atoms with Crippen molar-refractivity contribution < 1.29 is 4.79 Å². The van der Waals surface area contributed by atoms with Gasteiger partial charge in [0.1, 0.15) is 0 Å². The zero-order chi connectivity index (χ0) is 12.8. The Morgan fingerprint density at radius 1 is 1.11 bits per heavy atom. The van der Waals surface area contributed by atoms with Gasteiger partial charge in [-0.1, -0.05) is 0 Å². The number of carbonyl (C=O) groups excluding carboxylic acids is 1. The van der Waals surface area contributed by atoms with E-state index >= 15 is 0 Å². The molecule has 3 heteroatoms. The van der Waals surface area contributed by atoms with Crippen LogP contribution in [0.2, 0.25) is 0 Å². The summed E-state index contributed by atoms with van der Waals surface area (Å²) in [4.78, 5) is 17.7. The molecule has 0 saturated carbocycles. The minimum absolute atomic E-state index is 0.193. The first-order valence-electron chi connectivity index (χ1n) is 7.26. The summed E-state index contributed by atoms with van der Waals surface area (Å²) >= 11 is 0. The lowest BCUT2D eigenvalue weighted by Crippen LogP contribution is -2.41. The van der Waals surface area contributed by atoms with Gasteiger partial charge in [-0.3, -0.25) is 4.79 Å². The van der Waals surface area contributed by atoms with Crippen LogP contribution in [0.3, 0.4) is 0 Å². The van der Waals surface area contributed by atoms with E-state index in [0.717, 1.165) is 37.9 Å². The Labute approximate surface area is 112 Å². The van der Waals surface area contributed by atoms with E-state index in [1.807, 2.05) is 11.0 Å². The number of benzene rings is 1. The number of nitrogens with zero attached hydrogens (tertiary/aromatic N) is 1. The molecule has 3 nitrogen and oxygen atoms in total. The van der Waals surface area contributed by atoms with Crippen LogP contribution in [0.5, 0.6) is 0 Å². The summed E-state index contributed by atoms with van der Waals surface area (Å²) < 4.78 is 0. The molecule has 2 aromatic rings. The van der Waals surface area contributed by atoms with Gasteiger partial charge in [-0.25, -0.2) is 0 Å². The van der Waals surface area contributed by atoms with Crippen molar-refractivity contribution in [2.24, 2.45) is 0 Å². The fourth-order valence-electron chi connectivity index (χ4n) is 3.24. The van der Waals surface area contributed by atoms with Gasteiger partial charge >= 0.3 is 0 Å². The molecule has 1 aromatic carbocycles. The second-order valence-electron chi connectivity index (χ2n) is 5.70. The van der Waals surface area contributed by atoms with Gasteiger partial charge in [-0.05, 0) is 55.9 Å². The van der Waals surface area contributed by atoms with E-state index in [4.69, 9.17) is 0 Å². The van der Waals surface area contributed by atoms with Crippen molar-refractivity contribution in [3.8, 4) is 0 Å². The number of carbonyl (C=O) groups is 1. The van der Waals surface area contributed by atoms with Crippen LogP contribution in [0.15, 0.2) is 18.2 Å². The average molecular weight is 254 g/mol. The van der Waals surface area contributed by atoms with Crippen LogP contribution in [-0.4, -0.2) is 28.9 Å². The SMILES string of the molecule is O=C(c1ccc2[nH]c3c(c2c1)CCCC3)N1CCC1. The van der Waals surface area contributed by atoms with Crippen LogP contribution in [0.25, 0.3) is 10.9 Å². The van der Waals surface area contributed by atoms with E-state index < -0.39 is 0 Å². The predicted molar refractivity (Wildman–Crippen MR) is 75.5 cm³/mol. The molecule has 1 N–H and O–H groups in total. The second-order valence-corrected chi connectivity index (χ2v) is 5.70. The highest BCUT2D eigenvalue weighted by Crippen LogP contribution is 2.30. The van der Waals surface area contributed by atoms with E-state index in [1.54, 1.807) is 0 Å². The van der Waals surface area contributed by atoms with Crippen molar-refractivity contribution in [1.29, 1.82) is 0 Å². The molecule has 0 spiro atoms. The van der Waals surface area contributed by atoms with Crippen LogP contribution in [0.1, 0.15) is 40.9 Å². The monoisotopic (exact) mass is 254 g/mol. The normalized spacial score (nSPS) is 18.2. The molecule has 19 heavy (non-hydrogen) atoms. The van der Waals surface area contributed by atoms with Crippen molar-refractivity contribution in [2.45, 2.75) is 32.1 Å². The zero-order valence-corrected chi connectivity index (χ0v) is 11.0. The second kappa shape index (κ2) is 4.12. The van der Waals surface area contributed by atoms with Gasteiger partial charge in [0, 0.05) is 35.2 Å². The van der Waals surface area contributed by atoms with Crippen LogP contribution >= 0.6 is 0 Å². The van der Waals surface area contributed by atoms with Gasteiger partial charge in [-0.15, -0.1) is 0 Å². The number of H-pyrrole nitrogens is 1. The van der Waals surface area contributed by atoms with Crippen LogP contribution in [0.4, 0.5) is 0 Å². The number of likely N-dealkylation sites (tertiary alicyclic amines) is 1. The summed E-state index contributed by atoms with van der Waals surface area (Å²) in [6, 6.07) is 6.13. The quantitative estimate of drug-likeness (QED) is 0.834. The van der Waals surface area contributed by atoms with Crippen molar-refractivity contribution in [1.82, 2.24) is 9.88 Å². The summed E-state index contributed by atoms with van der Waals surface area (Å²) in [6.45, 7) is 1.84. The number of hydrogen-bond acceptors (Lipinski definition) is 1. The third-order valence-electron chi connectivity index (χ3n) is 4.49. The molecule has 1 amide bonds. The predicted octanol–water partition coefficient (Wildman–Crippen LogP) is 2.89. The molecule has 0 unspecified atom stereocenters. The molecule has 0 bridgehead atoms. The minimum Gasteiger partial charge on any atom is -0.358 e. The van der Waals surface area contributed by atoms with Crippen LogP contribution in [-0.2, 0) is 12.8 Å². The smallest absolute Gasteiger partial charge is 0.253 e. The molecule has 2 heterocycles. The van der Waals surface area contributed by atoms with Crippen LogP contribution in [0, 0.1) is 0 Å². The fourth-order valence-corrected chi connectivity index (χ4v) is 3.24. The average Bonchev–Trinajstić information content (AvgIpc) is 2.74. The molecule has 98 valence electrons. The molecule has 0 atom stereocenters. The van der Waals surface area contributed by atoms with Crippen molar-refractivity contribution in [2.75, 3.05) is 13.1 Å². The summed E-state index contributed by atoms with van der Waals surface area (Å²) in [5.41, 5.74) is 4.86. The van der Waals surface area contributed by atoms with E-state index in [2.05, 4.69) is 17.1 Å². The number of nitrogens with one attached hydrogen (secondary N) is 1. The van der Waals surface area contributed by atoms with Crippen molar-refractivity contribution in [3.05, 3.63) is 35.0 Å². The van der Waals surface area contributed by atoms with E-state index in [0.29, 0.717) is 0 Å². The minimum atomic E-state index is 0.193. The van der Waals surface area contributed by atoms with Gasteiger partial charge < -0.3 is 9.88 Å². The van der Waals surface area contributed by atoms with Gasteiger partial charge in [0.15, 0.2) is 0 Å². The van der Waals surface area contributed by atoms with Gasteiger partial charge in [0.2, 0.25) is 0 Å². The third-order valence-corrected chi connectivity index (χ3v) is 4.49. The van der Waals surface area contributed by atoms with E-state index in [1.165, 1.54) is 35.0 Å². The summed E-state index contributed by atoms with van der Waals surface area (Å²) in [5, 5.41) is 1.26. The Morgan fingerprint density at radius 2 is 1.95 bits per heavy atom. The maximum atomic E-state index is 12.3. The number of aryl methyl sites for hydroxylation is 2. The van der Waals surface area contributed by atoms with Crippen molar-refractivity contribution in [3.63, 3.8) is 0 Å². The Bertz CT molecular complexity index is 652. The van der Waals surface area contributed by atoms with Gasteiger partial charge in [0.25, 0.3) is 5.91 Å². The summed E-state index contributed by atoms with van der Waals surface area (Å²) in [6.07, 6.45) is 5.99. The molecule has 2 aliphatic rings. The zero-order valence-electron chi connectivity index (χ0n) is 11.0. The van der Waals surface area contributed by atoms with Gasteiger partial charge in [0.05, 0.1) is 0 Å². The maximum absolute atomic E-state index is 12.3. The number of aromatic amines is 1. The number of fused-ring (bicyclic) bond motifs is 3. The lowest BCUT2D eigenvalue weighted by molar-refractivity contribution is 0.0652. The standard InChI is InChI=1S/C16H18N2O/c19-16(18-8-3-9-18)11-6-7-15-13(10-11)12-4-1-2-5-14(12)17-15/h6-7,10,17H,1-5,8-9H2. The summed E-state index contributed by atoms with van der Waals surface area (Å²) in [5.74, 6) is 0.193. The highest BCUT2D eigenvalue weighted by Gasteiger charge is 2.23. The summed E-state index contributed by atoms with van der Waals surface area (Å²) in [7, 11) is 0. The number of amides is 1. The molecule has 0 radical (unpaired) electrons. The lowest BCUT2D eigenvalue weighted by Gasteiger charge is -2.30. The Morgan fingerprint density at radius 3 is 2.74 bits per heavy atom. The molecule has 1 saturated heterocycles. The highest BCUT2D eigenvalue weighted by atomic mass is 16.2. The lowest BCUT2D eigenvalue weighted by atomic mass is 9.95. The highest BCUT2D eigenvalue weighted by molar-refractivity contribution is 5.99. The van der Waals surface area contributed by atoms with E-state index in [9.17, 15) is 4.79 Å². The van der Waals surface area contributed by atoms with Gasteiger partial charge in [-0.2, -0.15) is 0 Å². The number of hydrogen-bond donors (Lipinski definition) is 1. The molecule has 1 aliphatic carbocycles. The molecular weight excluding hydrogens is 236 g/mol. The van der Waals surface area contributed by atoms with Crippen LogP contribution < -0.4 is 0 Å². The molecule has 4 rings (SSSR count). The fraction of sp³-hybridized carbons (Fsp3) is 0.438. The molecule has 1 aliphatic heterocycles. The Hall–Kier alpha value is -1.77. The first-order chi connectivity index (χ1) is 9.33. The third kappa shape index (κ3) is 1.68. The largest absolute Gasteiger partial charge is 0.358 e. The maximum Gasteiger partial charge on any atom is 0.253 e.